The zero-order chi connectivity index (χ0) is 14.4. The van der Waals surface area contributed by atoms with E-state index >= 15 is 0 Å². The number of aromatic nitrogens is 4. The number of aliphatic carboxylic acids is 1. The molecule has 1 aromatic carbocycles. The number of amides is 1. The van der Waals surface area contributed by atoms with E-state index in [0.717, 1.165) is 6.92 Å². The van der Waals surface area contributed by atoms with Crippen molar-refractivity contribution in [3.05, 3.63) is 35.1 Å². The maximum Gasteiger partial charge on any atom is 0.300 e. The number of carbonyl (C=O) groups excluding carboxylic acids is 1. The molecule has 1 amide bonds. The summed E-state index contributed by atoms with van der Waals surface area (Å²) in [6.45, 7) is 1.08. The Balaban J connectivity index is 0.000000399. The van der Waals surface area contributed by atoms with Crippen molar-refractivity contribution in [1.82, 2.24) is 20.2 Å². The van der Waals surface area contributed by atoms with Gasteiger partial charge in [-0.15, -0.1) is 5.10 Å². The van der Waals surface area contributed by atoms with Gasteiger partial charge in [0.2, 0.25) is 0 Å². The number of tetrazole rings is 1. The summed E-state index contributed by atoms with van der Waals surface area (Å²) in [5.41, 5.74) is 5.98. The molecule has 0 saturated heterocycles. The molecule has 2 aromatic rings. The first-order valence-electron chi connectivity index (χ1n) is 4.94. The highest BCUT2D eigenvalue weighted by Crippen LogP contribution is 2.18. The highest BCUT2D eigenvalue weighted by molar-refractivity contribution is 6.31. The lowest BCUT2D eigenvalue weighted by atomic mass is 10.1. The van der Waals surface area contributed by atoms with E-state index in [4.69, 9.17) is 27.2 Å². The molecule has 2 rings (SSSR count). The first-order chi connectivity index (χ1) is 8.91. The Labute approximate surface area is 112 Å². The zero-order valence-corrected chi connectivity index (χ0v) is 10.6. The number of carboxylic acids is 1. The SMILES string of the molecule is CC(=O)O.NC(=O)c1cc(Cl)ccc1-n1cnnn1. The zero-order valence-electron chi connectivity index (χ0n) is 9.82. The molecular formula is C10H10ClN5O3. The van der Waals surface area contributed by atoms with E-state index in [2.05, 4.69) is 15.5 Å². The summed E-state index contributed by atoms with van der Waals surface area (Å²) in [5.74, 6) is -1.41. The van der Waals surface area contributed by atoms with Gasteiger partial charge in [-0.05, 0) is 28.6 Å². The van der Waals surface area contributed by atoms with Gasteiger partial charge in [0, 0.05) is 11.9 Å². The summed E-state index contributed by atoms with van der Waals surface area (Å²) in [7, 11) is 0. The molecule has 0 spiro atoms. The van der Waals surface area contributed by atoms with Crippen LogP contribution in [0.15, 0.2) is 24.5 Å². The van der Waals surface area contributed by atoms with Gasteiger partial charge in [-0.1, -0.05) is 11.6 Å². The van der Waals surface area contributed by atoms with Gasteiger partial charge < -0.3 is 10.8 Å². The van der Waals surface area contributed by atoms with E-state index in [1.54, 1.807) is 12.1 Å². The first-order valence-corrected chi connectivity index (χ1v) is 5.32. The lowest BCUT2D eigenvalue weighted by Gasteiger charge is -2.05. The van der Waals surface area contributed by atoms with Crippen molar-refractivity contribution in [3.63, 3.8) is 0 Å². The van der Waals surface area contributed by atoms with Crippen LogP contribution in [-0.2, 0) is 4.79 Å². The molecule has 0 unspecified atom stereocenters. The van der Waals surface area contributed by atoms with Crippen LogP contribution in [0.2, 0.25) is 5.02 Å². The fourth-order valence-corrected chi connectivity index (χ4v) is 1.35. The Hall–Kier alpha value is -2.48. The van der Waals surface area contributed by atoms with Gasteiger partial charge in [-0.2, -0.15) is 4.68 Å². The van der Waals surface area contributed by atoms with Crippen LogP contribution in [0.5, 0.6) is 0 Å². The second-order valence-corrected chi connectivity index (χ2v) is 3.74. The summed E-state index contributed by atoms with van der Waals surface area (Å²) in [6.07, 6.45) is 1.37. The average molecular weight is 284 g/mol. The van der Waals surface area contributed by atoms with Crippen LogP contribution in [0, 0.1) is 0 Å². The van der Waals surface area contributed by atoms with Gasteiger partial charge in [0.1, 0.15) is 6.33 Å². The molecule has 0 aliphatic carbocycles. The molecule has 0 aliphatic heterocycles. The maximum atomic E-state index is 11.2. The van der Waals surface area contributed by atoms with Crippen molar-refractivity contribution < 1.29 is 14.7 Å². The highest BCUT2D eigenvalue weighted by Gasteiger charge is 2.11. The number of rotatable bonds is 2. The summed E-state index contributed by atoms with van der Waals surface area (Å²) >= 11 is 5.75. The normalized spacial score (nSPS) is 9.37. The molecule has 0 bridgehead atoms. The van der Waals surface area contributed by atoms with E-state index in [-0.39, 0.29) is 5.56 Å². The Morgan fingerprint density at radius 3 is 2.53 bits per heavy atom. The average Bonchev–Trinajstić information content (AvgIpc) is 2.81. The van der Waals surface area contributed by atoms with Gasteiger partial charge in [0.15, 0.2) is 0 Å². The predicted octanol–water partition coefficient (Wildman–Crippen LogP) is 0.505. The molecule has 0 atom stereocenters. The van der Waals surface area contributed by atoms with Gasteiger partial charge in [0.05, 0.1) is 11.3 Å². The maximum absolute atomic E-state index is 11.2. The van der Waals surface area contributed by atoms with Gasteiger partial charge in [-0.25, -0.2) is 0 Å². The number of hydrogen-bond donors (Lipinski definition) is 2. The van der Waals surface area contributed by atoms with Crippen LogP contribution in [0.3, 0.4) is 0 Å². The van der Waals surface area contributed by atoms with Crippen molar-refractivity contribution in [2.24, 2.45) is 5.73 Å². The van der Waals surface area contributed by atoms with Crippen LogP contribution >= 0.6 is 11.6 Å². The van der Waals surface area contributed by atoms with E-state index in [1.165, 1.54) is 17.1 Å². The van der Waals surface area contributed by atoms with E-state index in [0.29, 0.717) is 10.7 Å². The Kier molecular flexibility index (Phi) is 4.95. The van der Waals surface area contributed by atoms with Gasteiger partial charge in [-0.3, -0.25) is 9.59 Å². The third-order valence-electron chi connectivity index (χ3n) is 1.82. The van der Waals surface area contributed by atoms with E-state index < -0.39 is 11.9 Å². The first kappa shape index (κ1) is 14.6. The standard InChI is InChI=1S/C8H6ClN5O.C2H4O2/c9-5-1-2-7(6(3-5)8(10)15)14-4-11-12-13-14;1-2(3)4/h1-4H,(H2,10,15);1H3,(H,3,4). The van der Waals surface area contributed by atoms with Crippen molar-refractivity contribution in [2.75, 3.05) is 0 Å². The van der Waals surface area contributed by atoms with E-state index in [1.807, 2.05) is 0 Å². The summed E-state index contributed by atoms with van der Waals surface area (Å²) in [4.78, 5) is 20.2. The minimum atomic E-state index is -0.833. The van der Waals surface area contributed by atoms with Crippen molar-refractivity contribution >= 4 is 23.5 Å². The third kappa shape index (κ3) is 4.36. The molecule has 9 heteroatoms. The van der Waals surface area contributed by atoms with Crippen LogP contribution in [0.25, 0.3) is 5.69 Å². The fourth-order valence-electron chi connectivity index (χ4n) is 1.18. The molecule has 0 saturated carbocycles. The number of nitrogens with zero attached hydrogens (tertiary/aromatic N) is 4. The molecule has 0 fully saturated rings. The summed E-state index contributed by atoms with van der Waals surface area (Å²) < 4.78 is 1.34. The fraction of sp³-hybridized carbons (Fsp3) is 0.100. The third-order valence-corrected chi connectivity index (χ3v) is 2.05. The molecule has 3 N–H and O–H groups in total. The van der Waals surface area contributed by atoms with Crippen LogP contribution in [0.1, 0.15) is 17.3 Å². The topological polar surface area (TPSA) is 124 Å². The largest absolute Gasteiger partial charge is 0.481 e. The molecule has 8 nitrogen and oxygen atoms in total. The molecule has 1 heterocycles. The number of carbonyl (C=O) groups is 2. The van der Waals surface area contributed by atoms with Crippen LogP contribution < -0.4 is 5.73 Å². The molecule has 100 valence electrons. The number of hydrogen-bond acceptors (Lipinski definition) is 5. The quantitative estimate of drug-likeness (QED) is 0.827. The molecular weight excluding hydrogens is 274 g/mol. The number of carboxylic acid groups (broad SMARTS) is 1. The lowest BCUT2D eigenvalue weighted by molar-refractivity contribution is -0.134. The summed E-state index contributed by atoms with van der Waals surface area (Å²) in [6, 6.07) is 4.73. The predicted molar refractivity (Wildman–Crippen MR) is 66.0 cm³/mol. The van der Waals surface area contributed by atoms with Crippen molar-refractivity contribution in [1.29, 1.82) is 0 Å². The second-order valence-electron chi connectivity index (χ2n) is 3.30. The van der Waals surface area contributed by atoms with Gasteiger partial charge >= 0.3 is 0 Å². The number of benzene rings is 1. The molecule has 0 radical (unpaired) electrons. The smallest absolute Gasteiger partial charge is 0.300 e. The highest BCUT2D eigenvalue weighted by atomic mass is 35.5. The Morgan fingerprint density at radius 1 is 1.42 bits per heavy atom. The minimum Gasteiger partial charge on any atom is -0.481 e. The Morgan fingerprint density at radius 2 is 2.05 bits per heavy atom. The van der Waals surface area contributed by atoms with Crippen LogP contribution in [-0.4, -0.2) is 37.2 Å². The molecule has 0 aliphatic rings. The van der Waals surface area contributed by atoms with Crippen molar-refractivity contribution in [3.8, 4) is 5.69 Å². The lowest BCUT2D eigenvalue weighted by Crippen LogP contribution is -2.15. The molecule has 19 heavy (non-hydrogen) atoms. The second kappa shape index (κ2) is 6.45. The summed E-state index contributed by atoms with van der Waals surface area (Å²) in [5, 5.41) is 18.4. The van der Waals surface area contributed by atoms with E-state index in [9.17, 15) is 4.79 Å². The number of halogens is 1. The minimum absolute atomic E-state index is 0.273. The van der Waals surface area contributed by atoms with Crippen molar-refractivity contribution in [2.45, 2.75) is 6.92 Å². The van der Waals surface area contributed by atoms with Crippen LogP contribution in [0.4, 0.5) is 0 Å². The van der Waals surface area contributed by atoms with Gasteiger partial charge in [0.25, 0.3) is 11.9 Å². The molecule has 1 aromatic heterocycles. The monoisotopic (exact) mass is 283 g/mol. The number of primary amides is 1. The Bertz CT molecular complexity index is 581. The number of nitrogens with two attached hydrogens (primary N) is 1.